The van der Waals surface area contributed by atoms with Gasteiger partial charge < -0.3 is 15.0 Å². The van der Waals surface area contributed by atoms with Crippen LogP contribution in [0.25, 0.3) is 0 Å². The molecule has 0 saturated heterocycles. The monoisotopic (exact) mass is 334 g/mol. The van der Waals surface area contributed by atoms with Gasteiger partial charge in [-0.25, -0.2) is 4.79 Å². The van der Waals surface area contributed by atoms with E-state index in [4.69, 9.17) is 4.74 Å². The minimum absolute atomic E-state index is 0.0295. The van der Waals surface area contributed by atoms with Crippen LogP contribution in [0.15, 0.2) is 0 Å². The second kappa shape index (κ2) is 7.64. The number of ketones is 1. The van der Waals surface area contributed by atoms with E-state index in [9.17, 15) is 14.4 Å². The van der Waals surface area contributed by atoms with E-state index in [2.05, 4.69) is 17.2 Å². The SMILES string of the molecule is COC(=O)c1c(CC(=O)NC2CCCCC2C)[nH]c(C(C)=O)c1C. The maximum Gasteiger partial charge on any atom is 0.339 e. The number of methoxy groups -OCH3 is 1. The summed E-state index contributed by atoms with van der Waals surface area (Å²) in [4.78, 5) is 39.1. The molecule has 6 nitrogen and oxygen atoms in total. The van der Waals surface area contributed by atoms with Gasteiger partial charge in [0.05, 0.1) is 24.8 Å². The molecule has 1 heterocycles. The second-order valence-electron chi connectivity index (χ2n) is 6.64. The lowest BCUT2D eigenvalue weighted by atomic mass is 9.86. The quantitative estimate of drug-likeness (QED) is 0.640. The van der Waals surface area contributed by atoms with E-state index in [1.165, 1.54) is 20.5 Å². The highest BCUT2D eigenvalue weighted by Crippen LogP contribution is 2.24. The summed E-state index contributed by atoms with van der Waals surface area (Å²) in [7, 11) is 1.29. The Kier molecular flexibility index (Phi) is 5.80. The number of Topliss-reactive ketones (excluding diaryl/α,β-unsaturated/α-hetero) is 1. The average molecular weight is 334 g/mol. The number of carbonyl (C=O) groups is 3. The number of carbonyl (C=O) groups excluding carboxylic acids is 3. The third-order valence-corrected chi connectivity index (χ3v) is 4.86. The summed E-state index contributed by atoms with van der Waals surface area (Å²) in [6.45, 7) is 5.26. The summed E-state index contributed by atoms with van der Waals surface area (Å²) in [5.41, 5.74) is 1.60. The highest BCUT2D eigenvalue weighted by atomic mass is 16.5. The lowest BCUT2D eigenvalue weighted by Crippen LogP contribution is -2.41. The maximum absolute atomic E-state index is 12.4. The molecular weight excluding hydrogens is 308 g/mol. The molecule has 0 spiro atoms. The Morgan fingerprint density at radius 3 is 2.50 bits per heavy atom. The van der Waals surface area contributed by atoms with Gasteiger partial charge in [0, 0.05) is 18.7 Å². The molecule has 2 rings (SSSR count). The van der Waals surface area contributed by atoms with Crippen LogP contribution in [0.2, 0.25) is 0 Å². The minimum Gasteiger partial charge on any atom is -0.465 e. The number of nitrogens with one attached hydrogen (secondary N) is 2. The van der Waals surface area contributed by atoms with Crippen molar-refractivity contribution in [1.82, 2.24) is 10.3 Å². The van der Waals surface area contributed by atoms with Crippen LogP contribution in [0, 0.1) is 12.8 Å². The van der Waals surface area contributed by atoms with Gasteiger partial charge in [0.25, 0.3) is 0 Å². The molecule has 1 fully saturated rings. The average Bonchev–Trinajstić information content (AvgIpc) is 2.85. The fourth-order valence-corrected chi connectivity index (χ4v) is 3.47. The maximum atomic E-state index is 12.4. The second-order valence-corrected chi connectivity index (χ2v) is 6.64. The van der Waals surface area contributed by atoms with Gasteiger partial charge in [-0.05, 0) is 31.2 Å². The molecule has 6 heteroatoms. The van der Waals surface area contributed by atoms with Crippen LogP contribution < -0.4 is 5.32 Å². The number of aromatic nitrogens is 1. The van der Waals surface area contributed by atoms with Gasteiger partial charge in [0.2, 0.25) is 5.91 Å². The van der Waals surface area contributed by atoms with Crippen molar-refractivity contribution in [2.45, 2.75) is 58.9 Å². The molecule has 0 aromatic carbocycles. The Labute approximate surface area is 142 Å². The normalized spacial score (nSPS) is 20.5. The van der Waals surface area contributed by atoms with Crippen molar-refractivity contribution in [3.05, 3.63) is 22.5 Å². The van der Waals surface area contributed by atoms with Gasteiger partial charge in [0.15, 0.2) is 5.78 Å². The Morgan fingerprint density at radius 1 is 1.25 bits per heavy atom. The van der Waals surface area contributed by atoms with E-state index in [1.54, 1.807) is 6.92 Å². The van der Waals surface area contributed by atoms with Gasteiger partial charge in [-0.1, -0.05) is 19.8 Å². The van der Waals surface area contributed by atoms with Gasteiger partial charge in [0.1, 0.15) is 0 Å². The van der Waals surface area contributed by atoms with Crippen LogP contribution in [0.3, 0.4) is 0 Å². The topological polar surface area (TPSA) is 88.3 Å². The molecular formula is C18H26N2O4. The minimum atomic E-state index is -0.537. The first-order chi connectivity index (χ1) is 11.3. The van der Waals surface area contributed by atoms with Gasteiger partial charge in [-0.2, -0.15) is 0 Å². The molecule has 2 atom stereocenters. The van der Waals surface area contributed by atoms with Crippen molar-refractivity contribution in [3.8, 4) is 0 Å². The lowest BCUT2D eigenvalue weighted by molar-refractivity contribution is -0.121. The predicted molar refractivity (Wildman–Crippen MR) is 90.1 cm³/mol. The Bertz CT molecular complexity index is 648. The van der Waals surface area contributed by atoms with Crippen molar-refractivity contribution < 1.29 is 19.1 Å². The molecule has 0 bridgehead atoms. The first-order valence-corrected chi connectivity index (χ1v) is 8.45. The number of esters is 1. The van der Waals surface area contributed by atoms with Crippen LogP contribution in [0.1, 0.15) is 71.6 Å². The van der Waals surface area contributed by atoms with E-state index in [0.29, 0.717) is 22.9 Å². The third-order valence-electron chi connectivity index (χ3n) is 4.86. The third kappa shape index (κ3) is 3.86. The van der Waals surface area contributed by atoms with E-state index >= 15 is 0 Å². The van der Waals surface area contributed by atoms with E-state index in [1.807, 2.05) is 0 Å². The number of rotatable bonds is 5. The molecule has 1 aromatic heterocycles. The Hall–Kier alpha value is -2.11. The fourth-order valence-electron chi connectivity index (χ4n) is 3.47. The van der Waals surface area contributed by atoms with Crippen LogP contribution in [-0.2, 0) is 16.0 Å². The van der Waals surface area contributed by atoms with Crippen LogP contribution in [-0.4, -0.2) is 35.8 Å². The summed E-state index contributed by atoms with van der Waals surface area (Å²) >= 11 is 0. The van der Waals surface area contributed by atoms with Crippen LogP contribution in [0.4, 0.5) is 0 Å². The fraction of sp³-hybridized carbons (Fsp3) is 0.611. The number of ether oxygens (including phenoxy) is 1. The molecule has 1 saturated carbocycles. The van der Waals surface area contributed by atoms with Crippen LogP contribution in [0.5, 0.6) is 0 Å². The van der Waals surface area contributed by atoms with Crippen molar-refractivity contribution in [1.29, 1.82) is 0 Å². The van der Waals surface area contributed by atoms with Crippen molar-refractivity contribution in [3.63, 3.8) is 0 Å². The van der Waals surface area contributed by atoms with E-state index in [-0.39, 0.29) is 29.7 Å². The highest BCUT2D eigenvalue weighted by molar-refractivity contribution is 6.01. The zero-order valence-corrected chi connectivity index (χ0v) is 14.8. The molecule has 1 aromatic rings. The molecule has 0 aliphatic heterocycles. The molecule has 1 aliphatic carbocycles. The van der Waals surface area contributed by atoms with Crippen molar-refractivity contribution >= 4 is 17.7 Å². The highest BCUT2D eigenvalue weighted by Gasteiger charge is 2.26. The summed E-state index contributed by atoms with van der Waals surface area (Å²) < 4.78 is 4.80. The number of aromatic amines is 1. The predicted octanol–water partition coefficient (Wildman–Crippen LogP) is 2.55. The number of hydrogen-bond acceptors (Lipinski definition) is 4. The zero-order chi connectivity index (χ0) is 17.9. The summed E-state index contributed by atoms with van der Waals surface area (Å²) in [6, 6.07) is 0.177. The molecule has 132 valence electrons. The molecule has 1 aliphatic rings. The lowest BCUT2D eigenvalue weighted by Gasteiger charge is -2.29. The standard InChI is InChI=1S/C18H26N2O4/c1-10-7-5-6-8-13(10)19-15(22)9-14-16(18(23)24-4)11(2)17(20-14)12(3)21/h10,13,20H,5-9H2,1-4H3,(H,19,22). The molecule has 2 N–H and O–H groups in total. The van der Waals surface area contributed by atoms with E-state index in [0.717, 1.165) is 19.3 Å². The van der Waals surface area contributed by atoms with E-state index < -0.39 is 5.97 Å². The van der Waals surface area contributed by atoms with Gasteiger partial charge in [-0.3, -0.25) is 9.59 Å². The van der Waals surface area contributed by atoms with Crippen molar-refractivity contribution in [2.24, 2.45) is 5.92 Å². The molecule has 1 amide bonds. The molecule has 0 radical (unpaired) electrons. The first-order valence-electron chi connectivity index (χ1n) is 8.45. The smallest absolute Gasteiger partial charge is 0.339 e. The van der Waals surface area contributed by atoms with Gasteiger partial charge in [-0.15, -0.1) is 0 Å². The summed E-state index contributed by atoms with van der Waals surface area (Å²) in [6.07, 6.45) is 4.46. The molecule has 24 heavy (non-hydrogen) atoms. The number of amides is 1. The Balaban J connectivity index is 2.18. The first kappa shape index (κ1) is 18.2. The summed E-state index contributed by atoms with van der Waals surface area (Å²) in [5, 5.41) is 3.06. The Morgan fingerprint density at radius 2 is 1.92 bits per heavy atom. The zero-order valence-electron chi connectivity index (χ0n) is 14.8. The van der Waals surface area contributed by atoms with Gasteiger partial charge >= 0.3 is 5.97 Å². The van der Waals surface area contributed by atoms with Crippen LogP contribution >= 0.6 is 0 Å². The summed E-state index contributed by atoms with van der Waals surface area (Å²) in [5.74, 6) is -0.397. The van der Waals surface area contributed by atoms with Crippen molar-refractivity contribution in [2.75, 3.05) is 7.11 Å². The largest absolute Gasteiger partial charge is 0.465 e. The number of hydrogen-bond donors (Lipinski definition) is 2. The number of H-pyrrole nitrogens is 1. The molecule has 2 unspecified atom stereocenters.